The number of amides is 1. The Morgan fingerprint density at radius 1 is 1.21 bits per heavy atom. The Balaban J connectivity index is 1.62. The van der Waals surface area contributed by atoms with E-state index in [0.29, 0.717) is 12.3 Å². The summed E-state index contributed by atoms with van der Waals surface area (Å²) in [5, 5.41) is 8.97. The summed E-state index contributed by atoms with van der Waals surface area (Å²) in [7, 11) is 0. The number of carbonyl (C=O) groups excluding carboxylic acids is 1. The molecule has 1 aliphatic heterocycles. The van der Waals surface area contributed by atoms with Crippen molar-refractivity contribution in [2.24, 2.45) is 5.92 Å². The molecule has 1 aromatic carbocycles. The van der Waals surface area contributed by atoms with Crippen LogP contribution in [0.5, 0.6) is 0 Å². The van der Waals surface area contributed by atoms with Gasteiger partial charge in [-0.05, 0) is 42.4 Å². The van der Waals surface area contributed by atoms with E-state index in [-0.39, 0.29) is 12.5 Å². The van der Waals surface area contributed by atoms with E-state index in [1.165, 1.54) is 30.4 Å². The van der Waals surface area contributed by atoms with E-state index in [4.69, 9.17) is 5.11 Å². The average molecular weight is 259 g/mol. The van der Waals surface area contributed by atoms with Crippen LogP contribution in [0.25, 0.3) is 0 Å². The van der Waals surface area contributed by atoms with E-state index >= 15 is 0 Å². The van der Waals surface area contributed by atoms with Gasteiger partial charge in [-0.2, -0.15) is 0 Å². The molecule has 2 aliphatic rings. The van der Waals surface area contributed by atoms with Gasteiger partial charge in [0.1, 0.15) is 0 Å². The van der Waals surface area contributed by atoms with Crippen molar-refractivity contribution in [1.29, 1.82) is 0 Å². The number of aliphatic hydroxyl groups excluding tert-OH is 1. The van der Waals surface area contributed by atoms with Gasteiger partial charge in [-0.15, -0.1) is 0 Å². The minimum atomic E-state index is 0.195. The number of aliphatic hydroxyl groups is 1. The number of hydrogen-bond acceptors (Lipinski definition) is 2. The second kappa shape index (κ2) is 5.33. The van der Waals surface area contributed by atoms with Crippen LogP contribution in [-0.4, -0.2) is 35.6 Å². The summed E-state index contributed by atoms with van der Waals surface area (Å²) in [5.74, 6) is 0.493. The molecule has 3 heteroatoms. The Labute approximate surface area is 114 Å². The van der Waals surface area contributed by atoms with Gasteiger partial charge >= 0.3 is 0 Å². The second-order valence-electron chi connectivity index (χ2n) is 5.83. The number of fused-ring (bicyclic) bond motifs is 1. The lowest BCUT2D eigenvalue weighted by Gasteiger charge is -2.38. The highest BCUT2D eigenvalue weighted by atomic mass is 16.3. The molecule has 0 bridgehead atoms. The zero-order valence-electron chi connectivity index (χ0n) is 11.3. The normalized spacial score (nSPS) is 18.9. The molecule has 0 spiro atoms. The number of rotatable bonds is 3. The minimum Gasteiger partial charge on any atom is -0.396 e. The molecule has 1 heterocycles. The zero-order valence-corrected chi connectivity index (χ0v) is 11.3. The standard InChI is InChI=1S/C16H21NO2/c18-11-13-9-17(10-13)16(19)8-12-5-6-14-3-1-2-4-15(14)7-12/h5-7,13,18H,1-4,8-11H2. The number of hydrogen-bond donors (Lipinski definition) is 1. The maximum Gasteiger partial charge on any atom is 0.227 e. The quantitative estimate of drug-likeness (QED) is 0.895. The number of likely N-dealkylation sites (tertiary alicyclic amines) is 1. The highest BCUT2D eigenvalue weighted by Gasteiger charge is 2.29. The zero-order chi connectivity index (χ0) is 13.2. The second-order valence-corrected chi connectivity index (χ2v) is 5.83. The molecule has 3 rings (SSSR count). The van der Waals surface area contributed by atoms with E-state index in [2.05, 4.69) is 18.2 Å². The molecule has 102 valence electrons. The predicted octanol–water partition coefficient (Wildman–Crippen LogP) is 1.56. The molecule has 1 N–H and O–H groups in total. The van der Waals surface area contributed by atoms with Crippen molar-refractivity contribution in [2.45, 2.75) is 32.1 Å². The largest absolute Gasteiger partial charge is 0.396 e. The first-order valence-electron chi connectivity index (χ1n) is 7.25. The molecule has 0 atom stereocenters. The number of nitrogens with zero attached hydrogens (tertiary/aromatic N) is 1. The lowest BCUT2D eigenvalue weighted by atomic mass is 9.89. The summed E-state index contributed by atoms with van der Waals surface area (Å²) in [6.07, 6.45) is 5.42. The molecular formula is C16H21NO2. The van der Waals surface area contributed by atoms with Crippen LogP contribution in [0, 0.1) is 5.92 Å². The smallest absolute Gasteiger partial charge is 0.227 e. The highest BCUT2D eigenvalue weighted by Crippen LogP contribution is 2.23. The Kier molecular flexibility index (Phi) is 3.56. The van der Waals surface area contributed by atoms with Gasteiger partial charge in [-0.3, -0.25) is 4.79 Å². The van der Waals surface area contributed by atoms with Crippen molar-refractivity contribution in [2.75, 3.05) is 19.7 Å². The summed E-state index contributed by atoms with van der Waals surface area (Å²) in [5.41, 5.74) is 4.04. The molecule has 1 aliphatic carbocycles. The SMILES string of the molecule is O=C(Cc1ccc2c(c1)CCCC2)N1CC(CO)C1. The van der Waals surface area contributed by atoms with Gasteiger partial charge in [0, 0.05) is 25.6 Å². The van der Waals surface area contributed by atoms with E-state index in [1.807, 2.05) is 4.90 Å². The summed E-state index contributed by atoms with van der Waals surface area (Å²) < 4.78 is 0. The topological polar surface area (TPSA) is 40.5 Å². The first kappa shape index (κ1) is 12.7. The summed E-state index contributed by atoms with van der Waals surface area (Å²) >= 11 is 0. The van der Waals surface area contributed by atoms with Crippen LogP contribution in [0.4, 0.5) is 0 Å². The Morgan fingerprint density at radius 2 is 1.95 bits per heavy atom. The fourth-order valence-corrected chi connectivity index (χ4v) is 3.07. The third-order valence-electron chi connectivity index (χ3n) is 4.34. The van der Waals surface area contributed by atoms with Crippen molar-refractivity contribution in [3.63, 3.8) is 0 Å². The number of carbonyl (C=O) groups is 1. The van der Waals surface area contributed by atoms with Crippen molar-refractivity contribution >= 4 is 5.91 Å². The molecule has 0 unspecified atom stereocenters. The molecule has 1 aromatic rings. The monoisotopic (exact) mass is 259 g/mol. The molecule has 1 amide bonds. The molecule has 0 aromatic heterocycles. The maximum absolute atomic E-state index is 12.1. The van der Waals surface area contributed by atoms with Gasteiger partial charge in [-0.1, -0.05) is 18.2 Å². The van der Waals surface area contributed by atoms with Gasteiger partial charge in [0.2, 0.25) is 5.91 Å². The van der Waals surface area contributed by atoms with Gasteiger partial charge < -0.3 is 10.0 Å². The molecule has 19 heavy (non-hydrogen) atoms. The van der Waals surface area contributed by atoms with Crippen molar-refractivity contribution in [1.82, 2.24) is 4.90 Å². The van der Waals surface area contributed by atoms with E-state index < -0.39 is 0 Å². The Hall–Kier alpha value is -1.35. The lowest BCUT2D eigenvalue weighted by molar-refractivity contribution is -0.137. The highest BCUT2D eigenvalue weighted by molar-refractivity contribution is 5.79. The molecule has 3 nitrogen and oxygen atoms in total. The number of benzene rings is 1. The van der Waals surface area contributed by atoms with Gasteiger partial charge in [-0.25, -0.2) is 0 Å². The van der Waals surface area contributed by atoms with Crippen LogP contribution in [-0.2, 0) is 24.1 Å². The Bertz CT molecular complexity index is 478. The van der Waals surface area contributed by atoms with Crippen molar-refractivity contribution < 1.29 is 9.90 Å². The van der Waals surface area contributed by atoms with Crippen LogP contribution >= 0.6 is 0 Å². The molecule has 0 radical (unpaired) electrons. The third kappa shape index (κ3) is 2.66. The molecule has 1 fully saturated rings. The molecule has 1 saturated heterocycles. The first-order chi connectivity index (χ1) is 9.26. The van der Waals surface area contributed by atoms with Crippen LogP contribution < -0.4 is 0 Å². The van der Waals surface area contributed by atoms with Crippen LogP contribution in [0.3, 0.4) is 0 Å². The maximum atomic E-state index is 12.1. The lowest BCUT2D eigenvalue weighted by Crippen LogP contribution is -2.51. The van der Waals surface area contributed by atoms with E-state index in [1.54, 1.807) is 0 Å². The van der Waals surface area contributed by atoms with Crippen LogP contribution in [0.15, 0.2) is 18.2 Å². The average Bonchev–Trinajstić information content (AvgIpc) is 2.37. The summed E-state index contributed by atoms with van der Waals surface area (Å²) in [4.78, 5) is 13.9. The van der Waals surface area contributed by atoms with E-state index in [9.17, 15) is 4.79 Å². The van der Waals surface area contributed by atoms with Crippen molar-refractivity contribution in [3.05, 3.63) is 34.9 Å². The Morgan fingerprint density at radius 3 is 2.68 bits per heavy atom. The van der Waals surface area contributed by atoms with Crippen molar-refractivity contribution in [3.8, 4) is 0 Å². The predicted molar refractivity (Wildman–Crippen MR) is 73.9 cm³/mol. The van der Waals surface area contributed by atoms with Gasteiger partial charge in [0.15, 0.2) is 0 Å². The van der Waals surface area contributed by atoms with Gasteiger partial charge in [0.25, 0.3) is 0 Å². The first-order valence-corrected chi connectivity index (χ1v) is 7.25. The molecule has 0 saturated carbocycles. The van der Waals surface area contributed by atoms with Crippen LogP contribution in [0.1, 0.15) is 29.5 Å². The fraction of sp³-hybridized carbons (Fsp3) is 0.562. The van der Waals surface area contributed by atoms with Gasteiger partial charge in [0.05, 0.1) is 6.42 Å². The van der Waals surface area contributed by atoms with E-state index in [0.717, 1.165) is 25.1 Å². The minimum absolute atomic E-state index is 0.195. The van der Waals surface area contributed by atoms with Crippen LogP contribution in [0.2, 0.25) is 0 Å². The number of aryl methyl sites for hydroxylation is 2. The summed E-state index contributed by atoms with van der Waals surface area (Å²) in [6.45, 7) is 1.64. The molecular weight excluding hydrogens is 238 g/mol. The third-order valence-corrected chi connectivity index (χ3v) is 4.34. The summed E-state index contributed by atoms with van der Waals surface area (Å²) in [6, 6.07) is 6.52. The fourth-order valence-electron chi connectivity index (χ4n) is 3.07.